The van der Waals surface area contributed by atoms with E-state index in [-0.39, 0.29) is 84.6 Å². The van der Waals surface area contributed by atoms with Gasteiger partial charge in [-0.2, -0.15) is 0 Å². The second kappa shape index (κ2) is 24.4. The molecule has 1 saturated carbocycles. The number of para-hydroxylation sites is 1. The van der Waals surface area contributed by atoms with Gasteiger partial charge in [0.15, 0.2) is 23.1 Å². The van der Waals surface area contributed by atoms with E-state index < -0.39 is 104 Å². The summed E-state index contributed by atoms with van der Waals surface area (Å²) in [4.78, 5) is 57.7. The predicted molar refractivity (Wildman–Crippen MR) is 283 cm³/mol. The molecule has 3 aromatic rings. The number of fused-ring (bicyclic) bond motifs is 7. The Morgan fingerprint density at radius 1 is 1.00 bits per heavy atom. The fourth-order valence-electron chi connectivity index (χ4n) is 12.2. The number of nitrogens with two attached hydrogens (primary N) is 1. The average molecular weight is 1100 g/mol. The number of hydrogen-bond donors (Lipinski definition) is 13. The van der Waals surface area contributed by atoms with Crippen LogP contribution in [0.4, 0.5) is 5.69 Å². The van der Waals surface area contributed by atoms with Gasteiger partial charge < -0.3 is 80.1 Å². The molecule has 5 heterocycles. The first kappa shape index (κ1) is 56.4. The van der Waals surface area contributed by atoms with Crippen molar-refractivity contribution in [1.29, 1.82) is 0 Å². The summed E-state index contributed by atoms with van der Waals surface area (Å²) in [5, 5.41) is 79.1. The number of nitrogens with one attached hydrogen (secondary N) is 6. The zero-order valence-corrected chi connectivity index (χ0v) is 44.0. The van der Waals surface area contributed by atoms with Crippen LogP contribution in [0.15, 0.2) is 72.1 Å². The van der Waals surface area contributed by atoms with Gasteiger partial charge in [-0.3, -0.25) is 30.8 Å². The monoisotopic (exact) mass is 1100 g/mol. The van der Waals surface area contributed by atoms with Crippen molar-refractivity contribution in [2.24, 2.45) is 11.7 Å². The van der Waals surface area contributed by atoms with Crippen LogP contribution in [0.25, 0.3) is 0 Å². The van der Waals surface area contributed by atoms with E-state index in [4.69, 9.17) is 29.4 Å². The standard InChI is InChI=1S/C56H72N8O15/c1-29(68)24-60-63-40-22-30(12-17-58-40)14-20-75-50-46(72)47(73)51-56(15-4-5-16-56)77-26-32(7-6-18-65)41(35-8-2-3-9-39(35)64-28-59-43-52(64)61-55(57)62-53(43)74)38-23-37-42(45(71)36-21-31(25-67)10-11-34(36)44(37)70)49(48(38)78-54(50)79-51)76-27-33(69)13-19-66/h2-3,8-12,19,21-23,29,32-33,41,43,46-47,50-52,54-55,58-61,63,65,67-69,72-73H,4-7,13-18,20,24-28,57H2,1H3,(H,62,74)/t29-,32+,33+,41+,43-,46+,47+,50-,51+,52+,54-,55-/m0/s1. The van der Waals surface area contributed by atoms with Gasteiger partial charge >= 0.3 is 0 Å². The number of aldehydes is 1. The first-order valence-corrected chi connectivity index (χ1v) is 27.3. The summed E-state index contributed by atoms with van der Waals surface area (Å²) in [5.74, 6) is -2.81. The van der Waals surface area contributed by atoms with Crippen LogP contribution >= 0.6 is 0 Å². The third-order valence-electron chi connectivity index (χ3n) is 16.1. The fraction of sp³-hybridized carbons (Fsp3) is 0.536. The molecular formula is C56H72N8O15. The summed E-state index contributed by atoms with van der Waals surface area (Å²) in [6.07, 6.45) is -3.77. The molecule has 23 heteroatoms. The number of carbonyl (C=O) groups excluding carboxylic acids is 4. The predicted octanol–water partition coefficient (Wildman–Crippen LogP) is -0.383. The number of ether oxygens (including phenoxy) is 5. The number of benzene rings is 3. The Morgan fingerprint density at radius 3 is 2.58 bits per heavy atom. The minimum Gasteiger partial charge on any atom is -0.486 e. The van der Waals surface area contributed by atoms with Crippen LogP contribution in [0.3, 0.4) is 0 Å². The normalized spacial score (nSPS) is 28.8. The first-order chi connectivity index (χ1) is 38.2. The van der Waals surface area contributed by atoms with Crippen molar-refractivity contribution in [3.63, 3.8) is 0 Å². The zero-order valence-electron chi connectivity index (χ0n) is 44.0. The number of rotatable bonds is 19. The Bertz CT molecular complexity index is 2810. The van der Waals surface area contributed by atoms with Crippen LogP contribution < -0.4 is 52.2 Å². The minimum absolute atomic E-state index is 0.0169. The summed E-state index contributed by atoms with van der Waals surface area (Å²) in [6, 6.07) is 12.9. The Morgan fingerprint density at radius 2 is 1.81 bits per heavy atom. The molecule has 3 aromatic carbocycles. The van der Waals surface area contributed by atoms with E-state index in [1.54, 1.807) is 19.1 Å². The maximum Gasteiger partial charge on any atom is 0.242 e. The van der Waals surface area contributed by atoms with Crippen molar-refractivity contribution in [1.82, 2.24) is 32.1 Å². The molecule has 4 fully saturated rings. The molecule has 426 valence electrons. The van der Waals surface area contributed by atoms with Gasteiger partial charge in [-0.25, -0.2) is 5.43 Å². The van der Waals surface area contributed by atoms with Gasteiger partial charge in [-0.1, -0.05) is 43.2 Å². The zero-order chi connectivity index (χ0) is 55.5. The van der Waals surface area contributed by atoms with Crippen molar-refractivity contribution in [3.05, 3.63) is 111 Å². The highest BCUT2D eigenvalue weighted by Crippen LogP contribution is 2.53. The third kappa shape index (κ3) is 11.4. The molecule has 0 aromatic heterocycles. The van der Waals surface area contributed by atoms with Crippen molar-refractivity contribution in [2.45, 2.75) is 138 Å². The molecule has 14 N–H and O–H groups in total. The lowest BCUT2D eigenvalue weighted by atomic mass is 9.74. The number of hydrazine groups is 1. The highest BCUT2D eigenvalue weighted by atomic mass is 16.7. The first-order valence-electron chi connectivity index (χ1n) is 27.3. The van der Waals surface area contributed by atoms with Gasteiger partial charge in [0, 0.05) is 60.0 Å². The summed E-state index contributed by atoms with van der Waals surface area (Å²) in [6.45, 7) is 1.38. The van der Waals surface area contributed by atoms with Crippen molar-refractivity contribution in [3.8, 4) is 11.5 Å². The number of carbonyl (C=O) groups is 4. The highest BCUT2D eigenvalue weighted by Gasteiger charge is 2.57. The smallest absolute Gasteiger partial charge is 0.242 e. The van der Waals surface area contributed by atoms with Crippen molar-refractivity contribution < 1.29 is 73.5 Å². The molecule has 1 amide bonds. The number of dihydropyridines is 1. The number of ketones is 2. The topological polar surface area (TPSA) is 337 Å². The molecule has 12 atom stereocenters. The van der Waals surface area contributed by atoms with Gasteiger partial charge in [-0.15, -0.1) is 0 Å². The van der Waals surface area contributed by atoms with E-state index >= 15 is 9.59 Å². The molecular weight excluding hydrogens is 1020 g/mol. The highest BCUT2D eigenvalue weighted by molar-refractivity contribution is 6.29. The summed E-state index contributed by atoms with van der Waals surface area (Å²) in [5.41, 5.74) is 13.7. The largest absolute Gasteiger partial charge is 0.486 e. The molecule has 10 rings (SSSR count). The molecule has 1 spiro atoms. The van der Waals surface area contributed by atoms with E-state index in [0.717, 1.165) is 5.57 Å². The maximum absolute atomic E-state index is 15.3. The van der Waals surface area contributed by atoms with Crippen LogP contribution in [-0.2, 0) is 30.4 Å². The van der Waals surface area contributed by atoms with E-state index in [9.17, 15) is 40.2 Å². The second-order valence-corrected chi connectivity index (χ2v) is 21.4. The van der Waals surface area contributed by atoms with Crippen molar-refractivity contribution >= 4 is 29.4 Å². The molecule has 5 aliphatic heterocycles. The number of anilines is 1. The number of hydrogen-bond acceptors (Lipinski definition) is 22. The van der Waals surface area contributed by atoms with Crippen LogP contribution in [0.1, 0.15) is 113 Å². The molecule has 7 aliphatic rings. The summed E-state index contributed by atoms with van der Waals surface area (Å²) in [7, 11) is 0. The number of amides is 1. The number of aliphatic hydroxyl groups is 6. The SMILES string of the molecule is C[C@H](O)CNNC1=CC(CCO[C@@H]2[C@H]3Oc4c(cc5c(c4OC[C@H](O)CC=O)C(=O)c4cc(CO)ccc4C5=O)[C@@H](c4ccccc4N4CN[C@@H]5C(=O)N[C@@H](N)N[C@@H]54)[C@H](CCCO)COC4(CCCC4)[C@H](O3)[C@H](O)[C@H]2O)=CCN1. The van der Waals surface area contributed by atoms with Gasteiger partial charge in [0.05, 0.1) is 49.9 Å². The number of aliphatic hydroxyl groups excluding tert-OH is 6. The molecule has 79 heavy (non-hydrogen) atoms. The molecule has 3 saturated heterocycles. The van der Waals surface area contributed by atoms with E-state index in [1.807, 2.05) is 41.3 Å². The molecule has 2 bridgehead atoms. The molecule has 23 nitrogen and oxygen atoms in total. The van der Waals surface area contributed by atoms with Crippen molar-refractivity contribution in [2.75, 3.05) is 51.1 Å². The third-order valence-corrected chi connectivity index (χ3v) is 16.1. The van der Waals surface area contributed by atoms with E-state index in [1.165, 1.54) is 12.1 Å². The van der Waals surface area contributed by atoms with Gasteiger partial charge in [0.1, 0.15) is 61.6 Å². The van der Waals surface area contributed by atoms with Crippen LogP contribution in [0, 0.1) is 5.92 Å². The Labute approximate surface area is 456 Å². The van der Waals surface area contributed by atoms with E-state index in [2.05, 4.69) is 32.1 Å². The second-order valence-electron chi connectivity index (χ2n) is 21.4. The quantitative estimate of drug-likeness (QED) is 0.0420. The maximum atomic E-state index is 15.3. The molecule has 2 aliphatic carbocycles. The lowest BCUT2D eigenvalue weighted by molar-refractivity contribution is -0.317. The fourth-order valence-corrected chi connectivity index (χ4v) is 12.2. The van der Waals surface area contributed by atoms with Crippen LogP contribution in [-0.4, -0.2) is 168 Å². The van der Waals surface area contributed by atoms with Gasteiger partial charge in [0.2, 0.25) is 12.2 Å². The number of nitrogens with zero attached hydrogens (tertiary/aromatic N) is 1. The summed E-state index contributed by atoms with van der Waals surface area (Å²) >= 11 is 0. The lowest BCUT2D eigenvalue weighted by Crippen LogP contribution is -2.70. The average Bonchev–Trinajstić information content (AvgIpc) is 4.23. The Kier molecular flexibility index (Phi) is 17.4. The van der Waals surface area contributed by atoms with Crippen LogP contribution in [0.5, 0.6) is 11.5 Å². The molecule has 0 radical (unpaired) electrons. The Balaban J connectivity index is 1.17. The lowest BCUT2D eigenvalue weighted by Gasteiger charge is -2.48. The van der Waals surface area contributed by atoms with E-state index in [0.29, 0.717) is 80.5 Å². The van der Waals surface area contributed by atoms with Gasteiger partial charge in [0.25, 0.3) is 0 Å². The van der Waals surface area contributed by atoms with Crippen LogP contribution in [0.2, 0.25) is 0 Å². The minimum atomic E-state index is -1.65. The van der Waals surface area contributed by atoms with Gasteiger partial charge in [-0.05, 0) is 92.0 Å². The Hall–Kier alpha value is -5.90. The molecule has 0 unspecified atom stereocenters. The number of allylic oxidation sites excluding steroid dienone is 1. The summed E-state index contributed by atoms with van der Waals surface area (Å²) < 4.78 is 34.6.